The molecule has 0 aliphatic heterocycles. The Morgan fingerprint density at radius 2 is 2.30 bits per heavy atom. The number of hydrogen-bond acceptors (Lipinski definition) is 3. The normalized spacial score (nSPS) is 22.3. The van der Waals surface area contributed by atoms with Crippen molar-refractivity contribution in [2.45, 2.75) is 38.1 Å². The van der Waals surface area contributed by atoms with E-state index in [1.54, 1.807) is 7.11 Å². The van der Waals surface area contributed by atoms with E-state index in [1.807, 2.05) is 24.3 Å². The lowest BCUT2D eigenvalue weighted by atomic mass is 9.86. The third kappa shape index (κ3) is 4.53. The number of nitrogens with one attached hydrogen (secondary N) is 1. The zero-order valence-electron chi connectivity index (χ0n) is 12.1. The average molecular weight is 276 g/mol. The number of nitrogens with two attached hydrogens (primary N) is 1. The minimum absolute atomic E-state index is 0.0670. The molecule has 2 rings (SSSR count). The SMILES string of the molecule is COc1cccc(CC(=O)NCC2CCCC(N)C2)c1. The molecule has 0 radical (unpaired) electrons. The lowest BCUT2D eigenvalue weighted by Crippen LogP contribution is -2.36. The van der Waals surface area contributed by atoms with Crippen molar-refractivity contribution < 1.29 is 9.53 Å². The Bertz CT molecular complexity index is 448. The molecule has 0 spiro atoms. The molecule has 0 aromatic heterocycles. The van der Waals surface area contributed by atoms with Crippen molar-refractivity contribution in [2.75, 3.05) is 13.7 Å². The molecular weight excluding hydrogens is 252 g/mol. The number of amides is 1. The molecule has 1 aliphatic rings. The van der Waals surface area contributed by atoms with Gasteiger partial charge < -0.3 is 15.8 Å². The van der Waals surface area contributed by atoms with E-state index in [1.165, 1.54) is 12.8 Å². The maximum Gasteiger partial charge on any atom is 0.224 e. The topological polar surface area (TPSA) is 64.3 Å². The van der Waals surface area contributed by atoms with Gasteiger partial charge in [-0.1, -0.05) is 18.6 Å². The first-order chi connectivity index (χ1) is 9.67. The van der Waals surface area contributed by atoms with Crippen LogP contribution in [-0.2, 0) is 11.2 Å². The van der Waals surface area contributed by atoms with Crippen molar-refractivity contribution in [1.82, 2.24) is 5.32 Å². The van der Waals surface area contributed by atoms with Gasteiger partial charge in [-0.3, -0.25) is 4.79 Å². The minimum Gasteiger partial charge on any atom is -0.497 e. The third-order valence-corrected chi connectivity index (χ3v) is 3.91. The van der Waals surface area contributed by atoms with Crippen molar-refractivity contribution >= 4 is 5.91 Å². The quantitative estimate of drug-likeness (QED) is 0.863. The minimum atomic E-state index is 0.0670. The second-order valence-corrected chi connectivity index (χ2v) is 5.63. The first kappa shape index (κ1) is 14.9. The van der Waals surface area contributed by atoms with Crippen LogP contribution >= 0.6 is 0 Å². The smallest absolute Gasteiger partial charge is 0.224 e. The fourth-order valence-electron chi connectivity index (χ4n) is 2.81. The van der Waals surface area contributed by atoms with Crippen LogP contribution < -0.4 is 15.8 Å². The van der Waals surface area contributed by atoms with E-state index in [4.69, 9.17) is 10.5 Å². The highest BCUT2D eigenvalue weighted by molar-refractivity contribution is 5.78. The van der Waals surface area contributed by atoms with Crippen LogP contribution in [0.1, 0.15) is 31.2 Å². The Hall–Kier alpha value is -1.55. The molecule has 20 heavy (non-hydrogen) atoms. The lowest BCUT2D eigenvalue weighted by molar-refractivity contribution is -0.120. The molecule has 4 nitrogen and oxygen atoms in total. The summed E-state index contributed by atoms with van der Waals surface area (Å²) in [6.45, 7) is 0.747. The summed E-state index contributed by atoms with van der Waals surface area (Å²) in [5.74, 6) is 1.39. The molecular formula is C16H24N2O2. The molecule has 0 bridgehead atoms. The van der Waals surface area contributed by atoms with Crippen LogP contribution in [0.2, 0.25) is 0 Å². The van der Waals surface area contributed by atoms with Crippen LogP contribution in [0, 0.1) is 5.92 Å². The van der Waals surface area contributed by atoms with Crippen LogP contribution in [0.15, 0.2) is 24.3 Å². The zero-order valence-corrected chi connectivity index (χ0v) is 12.1. The van der Waals surface area contributed by atoms with Crippen LogP contribution in [0.4, 0.5) is 0 Å². The van der Waals surface area contributed by atoms with Crippen LogP contribution in [0.25, 0.3) is 0 Å². The van der Waals surface area contributed by atoms with E-state index in [2.05, 4.69) is 5.32 Å². The Balaban J connectivity index is 1.77. The van der Waals surface area contributed by atoms with Gasteiger partial charge in [0.05, 0.1) is 13.5 Å². The van der Waals surface area contributed by atoms with Crippen LogP contribution in [-0.4, -0.2) is 25.6 Å². The second-order valence-electron chi connectivity index (χ2n) is 5.63. The summed E-state index contributed by atoms with van der Waals surface area (Å²) >= 11 is 0. The molecule has 0 heterocycles. The molecule has 3 N–H and O–H groups in total. The van der Waals surface area contributed by atoms with E-state index < -0.39 is 0 Å². The molecule has 110 valence electrons. The second kappa shape index (κ2) is 7.29. The number of carbonyl (C=O) groups excluding carboxylic acids is 1. The van der Waals surface area contributed by atoms with Crippen molar-refractivity contribution in [3.63, 3.8) is 0 Å². The summed E-state index contributed by atoms with van der Waals surface area (Å²) in [7, 11) is 1.63. The number of carbonyl (C=O) groups is 1. The first-order valence-corrected chi connectivity index (χ1v) is 7.32. The number of ether oxygens (including phenoxy) is 1. The van der Waals surface area contributed by atoms with Gasteiger partial charge in [0, 0.05) is 12.6 Å². The van der Waals surface area contributed by atoms with E-state index in [9.17, 15) is 4.79 Å². The summed E-state index contributed by atoms with van der Waals surface area (Å²) in [5, 5.41) is 3.02. The Labute approximate surface area is 120 Å². The highest BCUT2D eigenvalue weighted by atomic mass is 16.5. The largest absolute Gasteiger partial charge is 0.497 e. The van der Waals surface area contributed by atoms with Gasteiger partial charge in [0.1, 0.15) is 5.75 Å². The molecule has 2 atom stereocenters. The fourth-order valence-corrected chi connectivity index (χ4v) is 2.81. The van der Waals surface area contributed by atoms with Gasteiger partial charge in [-0.25, -0.2) is 0 Å². The van der Waals surface area contributed by atoms with E-state index in [0.717, 1.165) is 30.7 Å². The highest BCUT2D eigenvalue weighted by Crippen LogP contribution is 2.22. The standard InChI is InChI=1S/C16H24N2O2/c1-20-15-7-3-4-12(9-15)10-16(19)18-11-13-5-2-6-14(17)8-13/h3-4,7,9,13-14H,2,5-6,8,10-11,17H2,1H3,(H,18,19). The molecule has 1 amide bonds. The van der Waals surface area contributed by atoms with Crippen LogP contribution in [0.3, 0.4) is 0 Å². The van der Waals surface area contributed by atoms with E-state index in [-0.39, 0.29) is 5.91 Å². The van der Waals surface area contributed by atoms with E-state index in [0.29, 0.717) is 18.4 Å². The highest BCUT2D eigenvalue weighted by Gasteiger charge is 2.19. The van der Waals surface area contributed by atoms with Gasteiger partial charge >= 0.3 is 0 Å². The maximum absolute atomic E-state index is 12.0. The molecule has 1 aromatic rings. The van der Waals surface area contributed by atoms with Gasteiger partial charge in [0.25, 0.3) is 0 Å². The zero-order chi connectivity index (χ0) is 14.4. The summed E-state index contributed by atoms with van der Waals surface area (Å²) in [5.41, 5.74) is 6.93. The number of benzene rings is 1. The number of methoxy groups -OCH3 is 1. The molecule has 0 saturated heterocycles. The van der Waals surface area contributed by atoms with E-state index >= 15 is 0 Å². The first-order valence-electron chi connectivity index (χ1n) is 7.32. The molecule has 2 unspecified atom stereocenters. The van der Waals surface area contributed by atoms with Gasteiger partial charge in [-0.05, 0) is 42.9 Å². The van der Waals surface area contributed by atoms with Gasteiger partial charge in [-0.15, -0.1) is 0 Å². The molecule has 1 aliphatic carbocycles. The monoisotopic (exact) mass is 276 g/mol. The summed E-state index contributed by atoms with van der Waals surface area (Å²) in [6, 6.07) is 7.94. The summed E-state index contributed by atoms with van der Waals surface area (Å²) < 4.78 is 5.16. The molecule has 1 aromatic carbocycles. The Morgan fingerprint density at radius 1 is 1.45 bits per heavy atom. The average Bonchev–Trinajstić information content (AvgIpc) is 2.45. The molecule has 1 saturated carbocycles. The Morgan fingerprint density at radius 3 is 3.05 bits per heavy atom. The van der Waals surface area contributed by atoms with Crippen molar-refractivity contribution in [1.29, 1.82) is 0 Å². The van der Waals surface area contributed by atoms with Crippen molar-refractivity contribution in [3.8, 4) is 5.75 Å². The number of hydrogen-bond donors (Lipinski definition) is 2. The molecule has 4 heteroatoms. The summed E-state index contributed by atoms with van der Waals surface area (Å²) in [4.78, 5) is 12.0. The lowest BCUT2D eigenvalue weighted by Gasteiger charge is -2.26. The molecule has 1 fully saturated rings. The number of rotatable bonds is 5. The van der Waals surface area contributed by atoms with Crippen LogP contribution in [0.5, 0.6) is 5.75 Å². The Kier molecular flexibility index (Phi) is 5.41. The predicted octanol–water partition coefficient (Wildman–Crippen LogP) is 1.87. The van der Waals surface area contributed by atoms with Crippen molar-refractivity contribution in [3.05, 3.63) is 29.8 Å². The van der Waals surface area contributed by atoms with Gasteiger partial charge in [0.2, 0.25) is 5.91 Å². The van der Waals surface area contributed by atoms with Gasteiger partial charge in [-0.2, -0.15) is 0 Å². The van der Waals surface area contributed by atoms with Crippen molar-refractivity contribution in [2.24, 2.45) is 11.7 Å². The predicted molar refractivity (Wildman–Crippen MR) is 79.6 cm³/mol. The maximum atomic E-state index is 12.0. The summed E-state index contributed by atoms with van der Waals surface area (Å²) in [6.07, 6.45) is 4.90. The fraction of sp³-hybridized carbons (Fsp3) is 0.562. The van der Waals surface area contributed by atoms with Gasteiger partial charge in [0.15, 0.2) is 0 Å². The third-order valence-electron chi connectivity index (χ3n) is 3.91.